The van der Waals surface area contributed by atoms with Gasteiger partial charge in [0.05, 0.1) is 18.8 Å². The number of nitrogens with one attached hydrogen (secondary N) is 1. The molecular formula is C20H30N4O2. The molecule has 1 aromatic heterocycles. The smallest absolute Gasteiger partial charge is 0.317 e. The highest BCUT2D eigenvalue weighted by Gasteiger charge is 2.15. The van der Waals surface area contributed by atoms with Gasteiger partial charge in [0.25, 0.3) is 0 Å². The number of amides is 2. The van der Waals surface area contributed by atoms with Crippen molar-refractivity contribution in [3.63, 3.8) is 0 Å². The van der Waals surface area contributed by atoms with Gasteiger partial charge in [-0.05, 0) is 44.4 Å². The average Bonchev–Trinajstić information content (AvgIpc) is 2.87. The lowest BCUT2D eigenvalue weighted by atomic mass is 10.1. The number of ether oxygens (including phenoxy) is 1. The van der Waals surface area contributed by atoms with Crippen molar-refractivity contribution in [2.45, 2.75) is 40.8 Å². The third-order valence-electron chi connectivity index (χ3n) is 4.82. The maximum atomic E-state index is 12.6. The van der Waals surface area contributed by atoms with Gasteiger partial charge >= 0.3 is 6.03 Å². The Balaban J connectivity index is 1.95. The molecule has 6 heteroatoms. The van der Waals surface area contributed by atoms with E-state index in [9.17, 15) is 4.79 Å². The SMILES string of the molecule is COCCN(Cc1ccccc1C)C(=O)NCCn1nc(C)c(C)c1C. The summed E-state index contributed by atoms with van der Waals surface area (Å²) in [5, 5.41) is 7.52. The van der Waals surface area contributed by atoms with Crippen molar-refractivity contribution in [1.29, 1.82) is 0 Å². The second-order valence-electron chi connectivity index (χ2n) is 6.59. The minimum atomic E-state index is -0.0800. The van der Waals surface area contributed by atoms with Crippen molar-refractivity contribution in [1.82, 2.24) is 20.0 Å². The highest BCUT2D eigenvalue weighted by atomic mass is 16.5. The van der Waals surface area contributed by atoms with E-state index in [-0.39, 0.29) is 6.03 Å². The minimum absolute atomic E-state index is 0.0800. The number of carbonyl (C=O) groups is 1. The van der Waals surface area contributed by atoms with E-state index >= 15 is 0 Å². The van der Waals surface area contributed by atoms with Crippen LogP contribution in [0.5, 0.6) is 0 Å². The summed E-state index contributed by atoms with van der Waals surface area (Å²) in [6.45, 7) is 11.0. The third-order valence-corrected chi connectivity index (χ3v) is 4.82. The topological polar surface area (TPSA) is 59.4 Å². The Morgan fingerprint density at radius 2 is 1.96 bits per heavy atom. The first kappa shape index (κ1) is 20.0. The van der Waals surface area contributed by atoms with E-state index < -0.39 is 0 Å². The standard InChI is InChI=1S/C20H30N4O2/c1-15-8-6-7-9-19(15)14-23(12-13-26-5)20(25)21-10-11-24-18(4)16(2)17(3)22-24/h6-9H,10-14H2,1-5H3,(H,21,25). The summed E-state index contributed by atoms with van der Waals surface area (Å²) in [5.74, 6) is 0. The Hall–Kier alpha value is -2.34. The van der Waals surface area contributed by atoms with E-state index in [4.69, 9.17) is 4.74 Å². The summed E-state index contributed by atoms with van der Waals surface area (Å²) < 4.78 is 7.11. The van der Waals surface area contributed by atoms with Crippen molar-refractivity contribution in [3.05, 3.63) is 52.3 Å². The van der Waals surface area contributed by atoms with Crippen LogP contribution in [-0.4, -0.2) is 47.5 Å². The molecule has 142 valence electrons. The van der Waals surface area contributed by atoms with Crippen molar-refractivity contribution in [3.8, 4) is 0 Å². The number of hydrogen-bond donors (Lipinski definition) is 1. The molecule has 2 amide bonds. The molecule has 0 radical (unpaired) electrons. The van der Waals surface area contributed by atoms with Gasteiger partial charge in [0.1, 0.15) is 0 Å². The summed E-state index contributed by atoms with van der Waals surface area (Å²) in [5.41, 5.74) is 5.72. The van der Waals surface area contributed by atoms with Gasteiger partial charge in [-0.15, -0.1) is 0 Å². The van der Waals surface area contributed by atoms with Gasteiger partial charge < -0.3 is 15.0 Å². The van der Waals surface area contributed by atoms with E-state index in [1.807, 2.05) is 23.7 Å². The van der Waals surface area contributed by atoms with Crippen LogP contribution in [0.2, 0.25) is 0 Å². The number of hydrogen-bond acceptors (Lipinski definition) is 3. The zero-order valence-corrected chi connectivity index (χ0v) is 16.5. The van der Waals surface area contributed by atoms with Crippen LogP contribution in [0.15, 0.2) is 24.3 Å². The maximum absolute atomic E-state index is 12.6. The summed E-state index contributed by atoms with van der Waals surface area (Å²) in [7, 11) is 1.65. The largest absolute Gasteiger partial charge is 0.383 e. The van der Waals surface area contributed by atoms with Crippen molar-refractivity contribution >= 4 is 6.03 Å². The molecule has 2 aromatic rings. The fourth-order valence-corrected chi connectivity index (χ4v) is 2.83. The van der Waals surface area contributed by atoms with E-state index in [1.54, 1.807) is 12.0 Å². The molecule has 26 heavy (non-hydrogen) atoms. The van der Waals surface area contributed by atoms with Crippen LogP contribution in [-0.2, 0) is 17.8 Å². The van der Waals surface area contributed by atoms with Crippen molar-refractivity contribution in [2.75, 3.05) is 26.8 Å². The summed E-state index contributed by atoms with van der Waals surface area (Å²) in [6, 6.07) is 8.05. The normalized spacial score (nSPS) is 10.8. The van der Waals surface area contributed by atoms with Crippen LogP contribution in [0.25, 0.3) is 0 Å². The van der Waals surface area contributed by atoms with Crippen LogP contribution in [0.4, 0.5) is 4.79 Å². The van der Waals surface area contributed by atoms with Crippen LogP contribution in [0.3, 0.4) is 0 Å². The van der Waals surface area contributed by atoms with Crippen LogP contribution in [0.1, 0.15) is 28.1 Å². The van der Waals surface area contributed by atoms with Crippen molar-refractivity contribution < 1.29 is 9.53 Å². The molecule has 0 saturated carbocycles. The van der Waals surface area contributed by atoms with Crippen LogP contribution < -0.4 is 5.32 Å². The quantitative estimate of drug-likeness (QED) is 0.789. The molecule has 0 unspecified atom stereocenters. The lowest BCUT2D eigenvalue weighted by Gasteiger charge is -2.24. The summed E-state index contributed by atoms with van der Waals surface area (Å²) >= 11 is 0. The Labute approximate surface area is 156 Å². The van der Waals surface area contributed by atoms with Gasteiger partial charge in [-0.1, -0.05) is 24.3 Å². The minimum Gasteiger partial charge on any atom is -0.383 e. The molecule has 0 atom stereocenters. The fourth-order valence-electron chi connectivity index (χ4n) is 2.83. The van der Waals surface area contributed by atoms with E-state index in [0.29, 0.717) is 32.8 Å². The molecule has 2 rings (SSSR count). The van der Waals surface area contributed by atoms with Crippen molar-refractivity contribution in [2.24, 2.45) is 0 Å². The first-order valence-electron chi connectivity index (χ1n) is 9.01. The fraction of sp³-hybridized carbons (Fsp3) is 0.500. The lowest BCUT2D eigenvalue weighted by molar-refractivity contribution is 0.146. The zero-order valence-electron chi connectivity index (χ0n) is 16.5. The maximum Gasteiger partial charge on any atom is 0.317 e. The van der Waals surface area contributed by atoms with Gasteiger partial charge in [-0.2, -0.15) is 5.10 Å². The number of benzene rings is 1. The zero-order chi connectivity index (χ0) is 19.1. The van der Waals surface area contributed by atoms with E-state index in [1.165, 1.54) is 11.1 Å². The molecule has 0 aliphatic rings. The molecule has 0 aliphatic carbocycles. The second-order valence-corrected chi connectivity index (χ2v) is 6.59. The monoisotopic (exact) mass is 358 g/mol. The van der Waals surface area contributed by atoms with E-state index in [2.05, 4.69) is 43.3 Å². The number of rotatable bonds is 8. The summed E-state index contributed by atoms with van der Waals surface area (Å²) in [6.07, 6.45) is 0. The van der Waals surface area contributed by atoms with Crippen LogP contribution in [0, 0.1) is 27.7 Å². The molecule has 0 spiro atoms. The molecule has 6 nitrogen and oxygen atoms in total. The number of aryl methyl sites for hydroxylation is 2. The molecule has 1 N–H and O–H groups in total. The van der Waals surface area contributed by atoms with Gasteiger partial charge in [0.15, 0.2) is 0 Å². The molecule has 0 saturated heterocycles. The number of carbonyl (C=O) groups excluding carboxylic acids is 1. The number of methoxy groups -OCH3 is 1. The lowest BCUT2D eigenvalue weighted by Crippen LogP contribution is -2.42. The second kappa shape index (κ2) is 9.38. The number of aromatic nitrogens is 2. The molecule has 1 aromatic carbocycles. The van der Waals surface area contributed by atoms with E-state index in [0.717, 1.165) is 17.0 Å². The highest BCUT2D eigenvalue weighted by Crippen LogP contribution is 2.11. The predicted molar refractivity (Wildman–Crippen MR) is 103 cm³/mol. The Kier molecular flexibility index (Phi) is 7.21. The molecule has 0 aliphatic heterocycles. The van der Waals surface area contributed by atoms with Gasteiger partial charge in [-0.25, -0.2) is 4.79 Å². The first-order chi connectivity index (χ1) is 12.4. The third kappa shape index (κ3) is 5.08. The number of nitrogens with zero attached hydrogens (tertiary/aromatic N) is 3. The highest BCUT2D eigenvalue weighted by molar-refractivity contribution is 5.74. The Morgan fingerprint density at radius 3 is 2.58 bits per heavy atom. The Morgan fingerprint density at radius 1 is 1.23 bits per heavy atom. The van der Waals surface area contributed by atoms with Crippen LogP contribution >= 0.6 is 0 Å². The summed E-state index contributed by atoms with van der Waals surface area (Å²) in [4.78, 5) is 14.4. The van der Waals surface area contributed by atoms with Gasteiger partial charge in [0, 0.05) is 32.4 Å². The first-order valence-corrected chi connectivity index (χ1v) is 9.01. The molecule has 0 fully saturated rings. The predicted octanol–water partition coefficient (Wildman–Crippen LogP) is 2.97. The van der Waals surface area contributed by atoms with Gasteiger partial charge in [-0.3, -0.25) is 4.68 Å². The Bertz CT molecular complexity index is 739. The molecule has 1 heterocycles. The molecule has 0 bridgehead atoms. The van der Waals surface area contributed by atoms with Gasteiger partial charge in [0.2, 0.25) is 0 Å². The average molecular weight is 358 g/mol. The molecular weight excluding hydrogens is 328 g/mol. The number of urea groups is 1.